The number of amides is 2. The van der Waals surface area contributed by atoms with Crippen molar-refractivity contribution in [2.75, 3.05) is 32.7 Å². The Kier molecular flexibility index (Phi) is 15.6. The van der Waals surface area contributed by atoms with Crippen LogP contribution in [0.3, 0.4) is 0 Å². The first-order valence-corrected chi connectivity index (χ1v) is 16.4. The molecule has 8 heteroatoms. The topological polar surface area (TPSA) is 120 Å². The van der Waals surface area contributed by atoms with Crippen LogP contribution < -0.4 is 32.3 Å². The van der Waals surface area contributed by atoms with E-state index in [4.69, 9.17) is 5.73 Å². The van der Waals surface area contributed by atoms with Gasteiger partial charge in [-0.2, -0.15) is 0 Å². The Morgan fingerprint density at radius 3 is 2.04 bits per heavy atom. The van der Waals surface area contributed by atoms with Gasteiger partial charge in [-0.05, 0) is 105 Å². The number of rotatable bonds is 19. The van der Waals surface area contributed by atoms with Crippen LogP contribution in [0.2, 0.25) is 0 Å². The molecule has 0 bridgehead atoms. The summed E-state index contributed by atoms with van der Waals surface area (Å²) >= 11 is 0. The maximum Gasteiger partial charge on any atom is 0.255 e. The van der Waals surface area contributed by atoms with Gasteiger partial charge in [-0.25, -0.2) is 0 Å². The van der Waals surface area contributed by atoms with Crippen LogP contribution in [0.1, 0.15) is 86.3 Å². The minimum atomic E-state index is -0.218. The van der Waals surface area contributed by atoms with Crippen molar-refractivity contribution in [1.29, 1.82) is 0 Å². The van der Waals surface area contributed by atoms with Crippen molar-refractivity contribution < 1.29 is 9.59 Å². The summed E-state index contributed by atoms with van der Waals surface area (Å²) < 4.78 is 0. The molecule has 3 rings (SSSR count). The van der Waals surface area contributed by atoms with Crippen molar-refractivity contribution in [1.82, 2.24) is 26.6 Å². The zero-order valence-corrected chi connectivity index (χ0v) is 27.5. The van der Waals surface area contributed by atoms with Crippen LogP contribution in [-0.2, 0) is 23.3 Å². The van der Waals surface area contributed by atoms with E-state index in [-0.39, 0.29) is 17.2 Å². The van der Waals surface area contributed by atoms with E-state index < -0.39 is 0 Å². The molecule has 0 heterocycles. The van der Waals surface area contributed by atoms with Crippen molar-refractivity contribution in [3.05, 3.63) is 106 Å². The van der Waals surface area contributed by atoms with Crippen LogP contribution in [0, 0.1) is 0 Å². The molecule has 0 saturated carbocycles. The number of hydrogen-bond acceptors (Lipinski definition) is 6. The zero-order chi connectivity index (χ0) is 32.3. The first kappa shape index (κ1) is 35.8. The minimum Gasteiger partial charge on any atom is -0.397 e. The SMILES string of the molecule is CC(C)(C)c1ccc(CNCCCCNCCCNCCCC(=O)NCc2ccc(C(=O)NC3=CC=CCC=C3N)cc2)cc1. The molecule has 0 saturated heterocycles. The lowest BCUT2D eigenvalue weighted by Crippen LogP contribution is -2.26. The summed E-state index contributed by atoms with van der Waals surface area (Å²) in [7, 11) is 0. The minimum absolute atomic E-state index is 0.0313. The second kappa shape index (κ2) is 19.6. The second-order valence-electron chi connectivity index (χ2n) is 12.6. The summed E-state index contributed by atoms with van der Waals surface area (Å²) in [5.41, 5.74) is 11.6. The lowest BCUT2D eigenvalue weighted by molar-refractivity contribution is -0.121. The molecular weight excluding hydrogens is 560 g/mol. The average Bonchev–Trinajstić information content (AvgIpc) is 3.23. The van der Waals surface area contributed by atoms with Gasteiger partial charge in [-0.3, -0.25) is 9.59 Å². The number of nitrogens with two attached hydrogens (primary N) is 1. The molecule has 2 aromatic rings. The van der Waals surface area contributed by atoms with Crippen molar-refractivity contribution in [3.63, 3.8) is 0 Å². The highest BCUT2D eigenvalue weighted by molar-refractivity contribution is 5.95. The van der Waals surface area contributed by atoms with Gasteiger partial charge in [0.1, 0.15) is 0 Å². The average molecular weight is 615 g/mol. The first-order chi connectivity index (χ1) is 21.7. The van der Waals surface area contributed by atoms with E-state index >= 15 is 0 Å². The third-order valence-corrected chi connectivity index (χ3v) is 7.71. The number of carbonyl (C=O) groups excluding carboxylic acids is 2. The largest absolute Gasteiger partial charge is 0.397 e. The van der Waals surface area contributed by atoms with Gasteiger partial charge in [-0.15, -0.1) is 0 Å². The fourth-order valence-electron chi connectivity index (χ4n) is 4.83. The molecule has 0 aliphatic heterocycles. The summed E-state index contributed by atoms with van der Waals surface area (Å²) in [5.74, 6) is -0.187. The van der Waals surface area contributed by atoms with E-state index in [0.717, 1.165) is 64.1 Å². The highest BCUT2D eigenvalue weighted by Crippen LogP contribution is 2.22. The number of unbranched alkanes of at least 4 members (excludes halogenated alkanes) is 1. The lowest BCUT2D eigenvalue weighted by Gasteiger charge is -2.19. The molecule has 2 amide bonds. The molecule has 1 aliphatic rings. The third kappa shape index (κ3) is 14.3. The van der Waals surface area contributed by atoms with Crippen LogP contribution >= 0.6 is 0 Å². The lowest BCUT2D eigenvalue weighted by atomic mass is 9.87. The number of nitrogens with one attached hydrogen (secondary N) is 5. The molecule has 244 valence electrons. The Labute approximate surface area is 270 Å². The molecule has 0 unspecified atom stereocenters. The Balaban J connectivity index is 1.12. The molecule has 2 aromatic carbocycles. The van der Waals surface area contributed by atoms with E-state index in [0.29, 0.717) is 29.9 Å². The highest BCUT2D eigenvalue weighted by Gasteiger charge is 2.13. The van der Waals surface area contributed by atoms with Crippen molar-refractivity contribution in [2.45, 2.75) is 77.8 Å². The summed E-state index contributed by atoms with van der Waals surface area (Å²) in [4.78, 5) is 24.8. The van der Waals surface area contributed by atoms with Gasteiger partial charge in [0.05, 0.1) is 11.4 Å². The molecule has 45 heavy (non-hydrogen) atoms. The summed E-state index contributed by atoms with van der Waals surface area (Å²) in [6.45, 7) is 13.0. The van der Waals surface area contributed by atoms with E-state index in [1.807, 2.05) is 30.4 Å². The summed E-state index contributed by atoms with van der Waals surface area (Å²) in [6, 6.07) is 16.2. The number of benzene rings is 2. The molecule has 0 fully saturated rings. The van der Waals surface area contributed by atoms with Gasteiger partial charge in [-0.1, -0.05) is 75.4 Å². The van der Waals surface area contributed by atoms with E-state index in [1.165, 1.54) is 24.0 Å². The van der Waals surface area contributed by atoms with Gasteiger partial charge in [0.2, 0.25) is 5.91 Å². The quantitative estimate of drug-likeness (QED) is 0.125. The molecule has 7 N–H and O–H groups in total. The molecular formula is C37H54N6O2. The van der Waals surface area contributed by atoms with Gasteiger partial charge in [0.15, 0.2) is 0 Å². The van der Waals surface area contributed by atoms with Crippen LogP contribution in [-0.4, -0.2) is 44.5 Å². The zero-order valence-electron chi connectivity index (χ0n) is 27.5. The molecule has 0 spiro atoms. The Morgan fingerprint density at radius 2 is 1.36 bits per heavy atom. The van der Waals surface area contributed by atoms with Crippen molar-refractivity contribution >= 4 is 11.8 Å². The van der Waals surface area contributed by atoms with Crippen molar-refractivity contribution in [3.8, 4) is 0 Å². The van der Waals surface area contributed by atoms with E-state index in [1.54, 1.807) is 18.2 Å². The maximum absolute atomic E-state index is 12.6. The van der Waals surface area contributed by atoms with Crippen LogP contribution in [0.5, 0.6) is 0 Å². The first-order valence-electron chi connectivity index (χ1n) is 16.4. The van der Waals surface area contributed by atoms with Crippen LogP contribution in [0.15, 0.2) is 84.2 Å². The fraction of sp³-hybridized carbons (Fsp3) is 0.459. The molecule has 0 radical (unpaired) electrons. The molecule has 8 nitrogen and oxygen atoms in total. The number of carbonyl (C=O) groups is 2. The monoisotopic (exact) mass is 614 g/mol. The Hall–Kier alpha value is -3.72. The maximum atomic E-state index is 12.6. The Bertz CT molecular complexity index is 1270. The molecule has 1 aliphatic carbocycles. The Morgan fingerprint density at radius 1 is 0.756 bits per heavy atom. The fourth-order valence-corrected chi connectivity index (χ4v) is 4.83. The number of hydrogen-bond donors (Lipinski definition) is 6. The summed E-state index contributed by atoms with van der Waals surface area (Å²) in [5, 5.41) is 16.3. The normalized spacial score (nSPS) is 13.1. The van der Waals surface area contributed by atoms with E-state index in [9.17, 15) is 9.59 Å². The highest BCUT2D eigenvalue weighted by atomic mass is 16.2. The van der Waals surface area contributed by atoms with Gasteiger partial charge < -0.3 is 32.3 Å². The van der Waals surface area contributed by atoms with E-state index in [2.05, 4.69) is 71.6 Å². The molecule has 0 aromatic heterocycles. The second-order valence-corrected chi connectivity index (χ2v) is 12.6. The van der Waals surface area contributed by atoms with Gasteiger partial charge in [0, 0.05) is 25.1 Å². The predicted molar refractivity (Wildman–Crippen MR) is 186 cm³/mol. The predicted octanol–water partition coefficient (Wildman–Crippen LogP) is 4.94. The van der Waals surface area contributed by atoms with Crippen LogP contribution in [0.4, 0.5) is 0 Å². The van der Waals surface area contributed by atoms with Gasteiger partial charge >= 0.3 is 0 Å². The standard InChI is InChI=1S/C37H54N6O2/c1-37(2,3)32-20-16-29(17-21-32)27-41-23-8-7-22-39-25-10-26-40-24-9-13-35(44)42-28-30-14-18-31(19-15-30)36(45)43-34-12-6-4-5-11-33(34)38/h4,6,11-12,14-21,39-41H,5,7-10,13,22-28,38H2,1-3H3,(H,42,44)(H,43,45). The molecule has 0 atom stereocenters. The smallest absolute Gasteiger partial charge is 0.255 e. The van der Waals surface area contributed by atoms with Crippen LogP contribution in [0.25, 0.3) is 0 Å². The number of allylic oxidation sites excluding steroid dienone is 4. The van der Waals surface area contributed by atoms with Gasteiger partial charge in [0.25, 0.3) is 5.91 Å². The van der Waals surface area contributed by atoms with Crippen molar-refractivity contribution in [2.24, 2.45) is 5.73 Å². The summed E-state index contributed by atoms with van der Waals surface area (Å²) in [6.07, 6.45) is 13.0. The third-order valence-electron chi connectivity index (χ3n) is 7.71.